The zero-order valence-electron chi connectivity index (χ0n) is 13.8. The molecule has 0 radical (unpaired) electrons. The van der Waals surface area contributed by atoms with Crippen LogP contribution in [0.3, 0.4) is 0 Å². The fourth-order valence-corrected chi connectivity index (χ4v) is 4.80. The fraction of sp³-hybridized carbons (Fsp3) is 0.333. The largest absolute Gasteiger partial charge is 0.347 e. The van der Waals surface area contributed by atoms with Gasteiger partial charge in [0.2, 0.25) is 5.12 Å². The number of nitrogens with zero attached hydrogens (tertiary/aromatic N) is 2. The van der Waals surface area contributed by atoms with Crippen molar-refractivity contribution < 1.29 is 4.79 Å². The van der Waals surface area contributed by atoms with Crippen molar-refractivity contribution >= 4 is 38.7 Å². The maximum atomic E-state index is 12.0. The van der Waals surface area contributed by atoms with Crippen LogP contribution in [0.4, 0.5) is 5.69 Å². The van der Waals surface area contributed by atoms with Gasteiger partial charge in [-0.25, -0.2) is 4.99 Å². The number of anilines is 1. The first-order chi connectivity index (χ1) is 10.9. The molecule has 0 fully saturated rings. The maximum Gasteiger partial charge on any atom is 0.244 e. The molecule has 120 valence electrons. The van der Waals surface area contributed by atoms with Crippen molar-refractivity contribution in [1.82, 2.24) is 0 Å². The third-order valence-corrected chi connectivity index (χ3v) is 6.10. The molecule has 23 heavy (non-hydrogen) atoms. The first-order valence-corrected chi connectivity index (χ1v) is 9.44. The summed E-state index contributed by atoms with van der Waals surface area (Å²) < 4.78 is 0.851. The van der Waals surface area contributed by atoms with Crippen LogP contribution in [0.15, 0.2) is 52.8 Å². The third-order valence-electron chi connectivity index (χ3n) is 4.21. The molecule has 1 aromatic carbocycles. The zero-order valence-corrected chi connectivity index (χ0v) is 15.4. The van der Waals surface area contributed by atoms with Crippen LogP contribution in [0.1, 0.15) is 26.3 Å². The molecule has 0 aromatic heterocycles. The van der Waals surface area contributed by atoms with Gasteiger partial charge >= 0.3 is 0 Å². The molecule has 0 atom stereocenters. The van der Waals surface area contributed by atoms with Crippen molar-refractivity contribution in [2.45, 2.75) is 26.2 Å². The van der Waals surface area contributed by atoms with Gasteiger partial charge in [-0.3, -0.25) is 4.79 Å². The van der Waals surface area contributed by atoms with E-state index in [9.17, 15) is 4.79 Å². The third kappa shape index (κ3) is 2.88. The van der Waals surface area contributed by atoms with Crippen molar-refractivity contribution in [3.63, 3.8) is 0 Å². The lowest BCUT2D eigenvalue weighted by Crippen LogP contribution is -2.22. The molecular formula is C18H20N2OS2. The molecule has 0 aliphatic carbocycles. The second-order valence-electron chi connectivity index (χ2n) is 6.01. The van der Waals surface area contributed by atoms with Crippen LogP contribution in [0, 0.1) is 0 Å². The quantitative estimate of drug-likeness (QED) is 0.736. The summed E-state index contributed by atoms with van der Waals surface area (Å²) in [5.74, 6) is 0.929. The van der Waals surface area contributed by atoms with E-state index in [0.717, 1.165) is 10.1 Å². The van der Waals surface area contributed by atoms with E-state index in [1.54, 1.807) is 11.8 Å². The van der Waals surface area contributed by atoms with Crippen LogP contribution in [0.2, 0.25) is 0 Å². The van der Waals surface area contributed by atoms with Crippen molar-refractivity contribution in [1.29, 1.82) is 0 Å². The Morgan fingerprint density at radius 1 is 1.30 bits per heavy atom. The molecule has 2 aliphatic heterocycles. The molecule has 0 bridgehead atoms. The van der Waals surface area contributed by atoms with Gasteiger partial charge in [0.15, 0.2) is 0 Å². The minimum atomic E-state index is -0.0814. The van der Waals surface area contributed by atoms with Gasteiger partial charge in [0.05, 0.1) is 0 Å². The molecule has 0 amide bonds. The van der Waals surface area contributed by atoms with E-state index in [2.05, 4.69) is 62.0 Å². The number of hydrogen-bond acceptors (Lipinski definition) is 5. The summed E-state index contributed by atoms with van der Waals surface area (Å²) >= 11 is 2.85. The average Bonchev–Trinajstić information content (AvgIpc) is 2.95. The highest BCUT2D eigenvalue weighted by Crippen LogP contribution is 2.46. The minimum absolute atomic E-state index is 0.0359. The molecule has 3 nitrogen and oxygen atoms in total. The van der Waals surface area contributed by atoms with Crippen molar-refractivity contribution in [3.8, 4) is 0 Å². The van der Waals surface area contributed by atoms with Crippen LogP contribution in [-0.2, 0) is 10.2 Å². The number of allylic oxidation sites excluding steroid dienone is 3. The predicted molar refractivity (Wildman–Crippen MR) is 102 cm³/mol. The Bertz CT molecular complexity index is 747. The van der Waals surface area contributed by atoms with Gasteiger partial charge in [0.25, 0.3) is 0 Å². The minimum Gasteiger partial charge on any atom is -0.347 e. The summed E-state index contributed by atoms with van der Waals surface area (Å²) in [6.07, 6.45) is 3.90. The standard InChI is InChI=1S/C18H20N2OS2/c1-5-22-17-19-13(16(21)23-17)10-11-15-18(2,3)12-8-6-7-9-14(12)20(15)4/h6-11H,5H2,1-4H3/b13-10-,15-11-. The molecule has 5 heteroatoms. The lowest BCUT2D eigenvalue weighted by Gasteiger charge is -2.23. The van der Waals surface area contributed by atoms with Crippen molar-refractivity contribution in [2.24, 2.45) is 4.99 Å². The fourth-order valence-electron chi connectivity index (χ4n) is 3.05. The van der Waals surface area contributed by atoms with E-state index >= 15 is 0 Å². The van der Waals surface area contributed by atoms with Crippen LogP contribution in [-0.4, -0.2) is 22.3 Å². The SMILES string of the molecule is CCSC1=N/C(=C\C=C2/N(C)c3ccccc3C2(C)C)C(=O)S1. The molecule has 1 aromatic rings. The Balaban J connectivity index is 1.95. The Morgan fingerprint density at radius 3 is 2.74 bits per heavy atom. The second kappa shape index (κ2) is 6.21. The van der Waals surface area contributed by atoms with E-state index in [0.29, 0.717) is 5.70 Å². The normalized spacial score (nSPS) is 22.9. The first-order valence-electron chi connectivity index (χ1n) is 7.64. The molecule has 2 heterocycles. The van der Waals surface area contributed by atoms with Crippen molar-refractivity contribution in [2.75, 3.05) is 17.7 Å². The average molecular weight is 345 g/mol. The summed E-state index contributed by atoms with van der Waals surface area (Å²) in [5.41, 5.74) is 4.17. The number of carbonyl (C=O) groups excluding carboxylic acids is 1. The highest BCUT2D eigenvalue weighted by Gasteiger charge is 2.37. The van der Waals surface area contributed by atoms with Gasteiger partial charge in [-0.2, -0.15) is 0 Å². The molecule has 0 N–H and O–H groups in total. The highest BCUT2D eigenvalue weighted by atomic mass is 32.2. The predicted octanol–water partition coefficient (Wildman–Crippen LogP) is 4.56. The Kier molecular flexibility index (Phi) is 4.43. The number of fused-ring (bicyclic) bond motifs is 1. The molecule has 0 saturated carbocycles. The molecule has 3 rings (SSSR count). The first kappa shape index (κ1) is 16.4. The number of benzene rings is 1. The van der Waals surface area contributed by atoms with Gasteiger partial charge in [0, 0.05) is 23.8 Å². The molecule has 2 aliphatic rings. The lowest BCUT2D eigenvalue weighted by molar-refractivity contribution is -0.107. The number of carbonyl (C=O) groups is 1. The Labute approximate surface area is 145 Å². The van der Waals surface area contributed by atoms with Crippen LogP contribution in [0.25, 0.3) is 0 Å². The second-order valence-corrected chi connectivity index (χ2v) is 8.48. The van der Waals surface area contributed by atoms with E-state index in [1.165, 1.54) is 28.7 Å². The van der Waals surface area contributed by atoms with Crippen LogP contribution >= 0.6 is 23.5 Å². The topological polar surface area (TPSA) is 32.7 Å². The number of rotatable bonds is 2. The van der Waals surface area contributed by atoms with E-state index in [-0.39, 0.29) is 10.5 Å². The summed E-state index contributed by atoms with van der Waals surface area (Å²) in [7, 11) is 2.07. The summed E-state index contributed by atoms with van der Waals surface area (Å²) in [6, 6.07) is 8.44. The van der Waals surface area contributed by atoms with Crippen LogP contribution < -0.4 is 4.90 Å². The molecule has 0 unspecified atom stereocenters. The van der Waals surface area contributed by atoms with Gasteiger partial charge in [-0.1, -0.05) is 50.7 Å². The number of hydrogen-bond donors (Lipinski definition) is 0. The number of aliphatic imine (C=N–C) groups is 1. The van der Waals surface area contributed by atoms with Crippen LogP contribution in [0.5, 0.6) is 0 Å². The molecular weight excluding hydrogens is 324 g/mol. The number of para-hydroxylation sites is 1. The Morgan fingerprint density at radius 2 is 2.04 bits per heavy atom. The lowest BCUT2D eigenvalue weighted by atomic mass is 9.84. The molecule has 0 spiro atoms. The summed E-state index contributed by atoms with van der Waals surface area (Å²) in [6.45, 7) is 6.49. The summed E-state index contributed by atoms with van der Waals surface area (Å²) in [4.78, 5) is 18.7. The van der Waals surface area contributed by atoms with Gasteiger partial charge in [0.1, 0.15) is 10.1 Å². The Hall–Kier alpha value is -1.46. The number of likely N-dealkylation sites (N-methyl/N-ethyl adjacent to an activating group) is 1. The van der Waals surface area contributed by atoms with Gasteiger partial charge in [-0.05, 0) is 41.3 Å². The monoisotopic (exact) mass is 344 g/mol. The maximum absolute atomic E-state index is 12.0. The van der Waals surface area contributed by atoms with E-state index in [1.807, 2.05) is 12.2 Å². The van der Waals surface area contributed by atoms with Gasteiger partial charge < -0.3 is 4.90 Å². The smallest absolute Gasteiger partial charge is 0.244 e. The number of thioether (sulfide) groups is 2. The van der Waals surface area contributed by atoms with E-state index in [4.69, 9.17) is 0 Å². The zero-order chi connectivity index (χ0) is 16.6. The van der Waals surface area contributed by atoms with Gasteiger partial charge in [-0.15, -0.1) is 0 Å². The highest BCUT2D eigenvalue weighted by molar-refractivity contribution is 8.45. The summed E-state index contributed by atoms with van der Waals surface area (Å²) in [5, 5.41) is 0.0359. The van der Waals surface area contributed by atoms with Crippen molar-refractivity contribution in [3.05, 3.63) is 53.4 Å². The molecule has 0 saturated heterocycles. The van der Waals surface area contributed by atoms with E-state index < -0.39 is 0 Å².